The normalized spacial score (nSPS) is 16.3. The second-order valence-corrected chi connectivity index (χ2v) is 2.10. The highest BCUT2D eigenvalue weighted by molar-refractivity contribution is 5.78. The molecule has 6 N–H and O–H groups in total. The predicted octanol–water partition coefficient (Wildman–Crippen LogP) is -2.46. The molecule has 0 radical (unpaired) electrons. The van der Waals surface area contributed by atoms with Gasteiger partial charge in [-0.15, -0.1) is 0 Å². The third kappa shape index (κ3) is 3.39. The lowest BCUT2D eigenvalue weighted by Crippen LogP contribution is -2.36. The summed E-state index contributed by atoms with van der Waals surface area (Å²) in [6.07, 6.45) is -1.24. The molecule has 0 aromatic heterocycles. The molecule has 0 fully saturated rings. The summed E-state index contributed by atoms with van der Waals surface area (Å²) in [6, 6.07) is -0.581. The zero-order valence-corrected chi connectivity index (χ0v) is 5.53. The quantitative estimate of drug-likeness (QED) is 0.354. The molecule has 10 heavy (non-hydrogen) atoms. The lowest BCUT2D eigenvalue weighted by molar-refractivity contribution is -0.126. The second-order valence-electron chi connectivity index (χ2n) is 2.10. The number of primary amides is 1. The van der Waals surface area contributed by atoms with Gasteiger partial charge in [0.2, 0.25) is 5.91 Å². The Balaban J connectivity index is 3.56. The Morgan fingerprint density at radius 2 is 2.10 bits per heavy atom. The number of aliphatic hydroxyl groups excluding tert-OH is 2. The molecule has 0 saturated carbocycles. The molecular weight excluding hydrogens is 136 g/mol. The summed E-state index contributed by atoms with van der Waals surface area (Å²) >= 11 is 0. The van der Waals surface area contributed by atoms with E-state index in [2.05, 4.69) is 0 Å². The van der Waals surface area contributed by atoms with Crippen LogP contribution in [0.3, 0.4) is 0 Å². The number of rotatable bonds is 4. The fourth-order valence-electron chi connectivity index (χ4n) is 0.477. The Labute approximate surface area is 58.6 Å². The molecule has 0 saturated heterocycles. The molecule has 1 amide bonds. The summed E-state index contributed by atoms with van der Waals surface area (Å²) in [5, 5.41) is 17.1. The van der Waals surface area contributed by atoms with Crippen LogP contribution in [-0.2, 0) is 4.79 Å². The SMILES string of the molecule is NC(=O)[C@@H](O)C[C@H](N)CO. The van der Waals surface area contributed by atoms with E-state index in [9.17, 15) is 4.79 Å². The molecule has 0 aliphatic carbocycles. The molecule has 5 heteroatoms. The van der Waals surface area contributed by atoms with E-state index in [-0.39, 0.29) is 13.0 Å². The molecule has 0 aliphatic rings. The molecule has 0 spiro atoms. The van der Waals surface area contributed by atoms with Gasteiger partial charge in [-0.2, -0.15) is 0 Å². The van der Waals surface area contributed by atoms with Crippen molar-refractivity contribution in [3.8, 4) is 0 Å². The van der Waals surface area contributed by atoms with Gasteiger partial charge >= 0.3 is 0 Å². The van der Waals surface area contributed by atoms with Crippen molar-refractivity contribution >= 4 is 5.91 Å². The van der Waals surface area contributed by atoms with Gasteiger partial charge in [0.1, 0.15) is 6.10 Å². The van der Waals surface area contributed by atoms with Crippen molar-refractivity contribution in [1.82, 2.24) is 0 Å². The van der Waals surface area contributed by atoms with E-state index < -0.39 is 18.1 Å². The van der Waals surface area contributed by atoms with Crippen LogP contribution in [0.25, 0.3) is 0 Å². The summed E-state index contributed by atoms with van der Waals surface area (Å²) in [7, 11) is 0. The molecule has 0 aliphatic heterocycles. The van der Waals surface area contributed by atoms with Crippen molar-refractivity contribution in [2.24, 2.45) is 11.5 Å². The van der Waals surface area contributed by atoms with E-state index in [1.54, 1.807) is 0 Å². The molecule has 0 bridgehead atoms. The van der Waals surface area contributed by atoms with Gasteiger partial charge < -0.3 is 21.7 Å². The van der Waals surface area contributed by atoms with Gasteiger partial charge in [-0.25, -0.2) is 0 Å². The largest absolute Gasteiger partial charge is 0.395 e. The van der Waals surface area contributed by atoms with Crippen LogP contribution in [0.2, 0.25) is 0 Å². The topological polar surface area (TPSA) is 110 Å². The number of aliphatic hydroxyl groups is 2. The lowest BCUT2D eigenvalue weighted by Gasteiger charge is -2.10. The van der Waals surface area contributed by atoms with E-state index in [0.717, 1.165) is 0 Å². The van der Waals surface area contributed by atoms with Crippen molar-refractivity contribution in [2.45, 2.75) is 18.6 Å². The average molecular weight is 148 g/mol. The van der Waals surface area contributed by atoms with Gasteiger partial charge in [0.15, 0.2) is 0 Å². The zero-order valence-electron chi connectivity index (χ0n) is 5.53. The molecule has 0 heterocycles. The molecule has 0 rings (SSSR count). The van der Waals surface area contributed by atoms with E-state index in [4.69, 9.17) is 21.7 Å². The fraction of sp³-hybridized carbons (Fsp3) is 0.800. The molecule has 60 valence electrons. The van der Waals surface area contributed by atoms with Crippen molar-refractivity contribution in [3.05, 3.63) is 0 Å². The number of carbonyl (C=O) groups excluding carboxylic acids is 1. The highest BCUT2D eigenvalue weighted by atomic mass is 16.3. The van der Waals surface area contributed by atoms with Crippen LogP contribution < -0.4 is 11.5 Å². The minimum absolute atomic E-state index is 0.00579. The van der Waals surface area contributed by atoms with Crippen LogP contribution in [-0.4, -0.2) is 34.9 Å². The predicted molar refractivity (Wildman–Crippen MR) is 34.9 cm³/mol. The van der Waals surface area contributed by atoms with Crippen molar-refractivity contribution in [2.75, 3.05) is 6.61 Å². The van der Waals surface area contributed by atoms with Crippen molar-refractivity contribution in [1.29, 1.82) is 0 Å². The van der Waals surface area contributed by atoms with Gasteiger partial charge in [-0.3, -0.25) is 4.79 Å². The Morgan fingerprint density at radius 3 is 2.40 bits per heavy atom. The van der Waals surface area contributed by atoms with Gasteiger partial charge in [-0.1, -0.05) is 0 Å². The number of hydrogen-bond acceptors (Lipinski definition) is 4. The Hall–Kier alpha value is -0.650. The minimum atomic E-state index is -1.25. The first kappa shape index (κ1) is 9.35. The van der Waals surface area contributed by atoms with E-state index >= 15 is 0 Å². The van der Waals surface area contributed by atoms with Crippen LogP contribution in [0.15, 0.2) is 0 Å². The molecule has 0 unspecified atom stereocenters. The maximum atomic E-state index is 10.2. The van der Waals surface area contributed by atoms with Crippen LogP contribution in [0.4, 0.5) is 0 Å². The monoisotopic (exact) mass is 148 g/mol. The summed E-state index contributed by atoms with van der Waals surface area (Å²) in [5.41, 5.74) is 9.91. The fourth-order valence-corrected chi connectivity index (χ4v) is 0.477. The standard InChI is InChI=1S/C5H12N2O3/c6-3(2-8)1-4(9)5(7)10/h3-4,8-9H,1-2,6H2,(H2,7,10)/t3-,4-/m0/s1. The van der Waals surface area contributed by atoms with Gasteiger partial charge in [0, 0.05) is 6.04 Å². The van der Waals surface area contributed by atoms with E-state index in [1.807, 2.05) is 0 Å². The van der Waals surface area contributed by atoms with Crippen LogP contribution in [0.5, 0.6) is 0 Å². The Kier molecular flexibility index (Phi) is 3.94. The first-order chi connectivity index (χ1) is 4.57. The zero-order chi connectivity index (χ0) is 8.15. The average Bonchev–Trinajstić information content (AvgIpc) is 1.87. The molecular formula is C5H12N2O3. The summed E-state index contributed by atoms with van der Waals surface area (Å²) < 4.78 is 0. The van der Waals surface area contributed by atoms with Crippen LogP contribution in [0.1, 0.15) is 6.42 Å². The molecule has 0 aromatic rings. The number of nitrogens with two attached hydrogens (primary N) is 2. The van der Waals surface area contributed by atoms with Crippen molar-refractivity contribution < 1.29 is 15.0 Å². The van der Waals surface area contributed by atoms with Gasteiger partial charge in [0.05, 0.1) is 6.61 Å². The number of hydrogen-bond donors (Lipinski definition) is 4. The maximum absolute atomic E-state index is 10.2. The smallest absolute Gasteiger partial charge is 0.246 e. The van der Waals surface area contributed by atoms with Gasteiger partial charge in [-0.05, 0) is 6.42 Å². The molecule has 2 atom stereocenters. The van der Waals surface area contributed by atoms with Crippen molar-refractivity contribution in [3.63, 3.8) is 0 Å². The molecule has 5 nitrogen and oxygen atoms in total. The maximum Gasteiger partial charge on any atom is 0.246 e. The minimum Gasteiger partial charge on any atom is -0.395 e. The first-order valence-electron chi connectivity index (χ1n) is 2.91. The lowest BCUT2D eigenvalue weighted by atomic mass is 10.1. The number of carbonyl (C=O) groups is 1. The Morgan fingerprint density at radius 1 is 1.60 bits per heavy atom. The highest BCUT2D eigenvalue weighted by Gasteiger charge is 2.14. The highest BCUT2D eigenvalue weighted by Crippen LogP contribution is 1.93. The second kappa shape index (κ2) is 4.21. The summed E-state index contributed by atoms with van der Waals surface area (Å²) in [4.78, 5) is 10.2. The molecule has 0 aromatic carbocycles. The van der Waals surface area contributed by atoms with Crippen LogP contribution in [0, 0.1) is 0 Å². The number of amides is 1. The van der Waals surface area contributed by atoms with Gasteiger partial charge in [0.25, 0.3) is 0 Å². The van der Waals surface area contributed by atoms with Crippen LogP contribution >= 0.6 is 0 Å². The summed E-state index contributed by atoms with van der Waals surface area (Å²) in [6.45, 7) is -0.260. The third-order valence-corrected chi connectivity index (χ3v) is 1.09. The summed E-state index contributed by atoms with van der Waals surface area (Å²) in [5.74, 6) is -0.816. The third-order valence-electron chi connectivity index (χ3n) is 1.09. The van der Waals surface area contributed by atoms with E-state index in [1.165, 1.54) is 0 Å². The first-order valence-corrected chi connectivity index (χ1v) is 2.91. The Bertz CT molecular complexity index is 117. The van der Waals surface area contributed by atoms with E-state index in [0.29, 0.717) is 0 Å².